The van der Waals surface area contributed by atoms with Gasteiger partial charge in [0.25, 0.3) is 0 Å². The SMILES string of the molecule is CCOc1ccc(Br)cc1S(=O)(=O)N1CCN(c2cc(Nc3cc(C)ccn3)nc(C)n2)CC1. The molecular weight excluding hydrogens is 520 g/mol. The highest BCUT2D eigenvalue weighted by atomic mass is 79.9. The Labute approximate surface area is 208 Å². The van der Waals surface area contributed by atoms with Gasteiger partial charge in [-0.15, -0.1) is 0 Å². The fraction of sp³-hybridized carbons (Fsp3) is 0.348. The van der Waals surface area contributed by atoms with Crippen LogP contribution in [0.2, 0.25) is 0 Å². The Morgan fingerprint density at radius 1 is 1.03 bits per heavy atom. The molecule has 3 aromatic rings. The number of nitrogens with one attached hydrogen (secondary N) is 1. The molecule has 11 heteroatoms. The van der Waals surface area contributed by atoms with E-state index in [1.54, 1.807) is 24.4 Å². The van der Waals surface area contributed by atoms with Gasteiger partial charge in [-0.25, -0.2) is 23.4 Å². The van der Waals surface area contributed by atoms with E-state index in [4.69, 9.17) is 4.74 Å². The zero-order valence-corrected chi connectivity index (χ0v) is 21.7. The van der Waals surface area contributed by atoms with Crippen molar-refractivity contribution in [2.45, 2.75) is 25.7 Å². The normalized spacial score (nSPS) is 14.8. The molecule has 3 heterocycles. The van der Waals surface area contributed by atoms with Gasteiger partial charge >= 0.3 is 0 Å². The highest BCUT2D eigenvalue weighted by Crippen LogP contribution is 2.31. The predicted octanol–water partition coefficient (Wildman–Crippen LogP) is 3.90. The van der Waals surface area contributed by atoms with Crippen molar-refractivity contribution in [3.05, 3.63) is 58.5 Å². The van der Waals surface area contributed by atoms with E-state index < -0.39 is 10.0 Å². The highest BCUT2D eigenvalue weighted by molar-refractivity contribution is 9.10. The number of pyridine rings is 1. The molecule has 0 aliphatic carbocycles. The minimum absolute atomic E-state index is 0.173. The van der Waals surface area contributed by atoms with Crippen molar-refractivity contribution < 1.29 is 13.2 Å². The largest absolute Gasteiger partial charge is 0.492 e. The van der Waals surface area contributed by atoms with E-state index in [1.165, 1.54) is 4.31 Å². The second kappa shape index (κ2) is 10.2. The Morgan fingerprint density at radius 2 is 1.79 bits per heavy atom. The van der Waals surface area contributed by atoms with Gasteiger partial charge in [-0.05, 0) is 56.7 Å². The Morgan fingerprint density at radius 3 is 2.50 bits per heavy atom. The van der Waals surface area contributed by atoms with E-state index in [0.717, 1.165) is 11.4 Å². The fourth-order valence-corrected chi connectivity index (χ4v) is 5.86. The van der Waals surface area contributed by atoms with Crippen LogP contribution < -0.4 is 15.0 Å². The summed E-state index contributed by atoms with van der Waals surface area (Å²) in [6, 6.07) is 10.8. The maximum atomic E-state index is 13.4. The molecule has 0 amide bonds. The van der Waals surface area contributed by atoms with Gasteiger partial charge in [0.1, 0.15) is 33.9 Å². The average molecular weight is 547 g/mol. The lowest BCUT2D eigenvalue weighted by molar-refractivity contribution is 0.327. The molecule has 1 aliphatic rings. The first-order chi connectivity index (χ1) is 16.3. The summed E-state index contributed by atoms with van der Waals surface area (Å²) in [5, 5.41) is 3.23. The molecule has 0 unspecified atom stereocenters. The molecule has 1 N–H and O–H groups in total. The minimum Gasteiger partial charge on any atom is -0.492 e. The van der Waals surface area contributed by atoms with Crippen molar-refractivity contribution in [3.63, 3.8) is 0 Å². The number of ether oxygens (including phenoxy) is 1. The third-order valence-electron chi connectivity index (χ3n) is 5.38. The number of sulfonamides is 1. The van der Waals surface area contributed by atoms with Crippen LogP contribution >= 0.6 is 15.9 Å². The zero-order chi connectivity index (χ0) is 24.3. The summed E-state index contributed by atoms with van der Waals surface area (Å²) in [4.78, 5) is 15.6. The maximum absolute atomic E-state index is 13.4. The van der Waals surface area contributed by atoms with Gasteiger partial charge in [-0.2, -0.15) is 4.31 Å². The van der Waals surface area contributed by atoms with Crippen LogP contribution in [0.5, 0.6) is 5.75 Å². The van der Waals surface area contributed by atoms with Crippen molar-refractivity contribution in [3.8, 4) is 5.75 Å². The lowest BCUT2D eigenvalue weighted by atomic mass is 10.3. The summed E-state index contributed by atoms with van der Waals surface area (Å²) in [5.41, 5.74) is 1.10. The molecule has 0 spiro atoms. The molecular formula is C23H27BrN6O3S. The lowest BCUT2D eigenvalue weighted by Crippen LogP contribution is -2.49. The topological polar surface area (TPSA) is 101 Å². The molecule has 0 saturated carbocycles. The molecule has 34 heavy (non-hydrogen) atoms. The summed E-state index contributed by atoms with van der Waals surface area (Å²) in [7, 11) is -3.71. The zero-order valence-electron chi connectivity index (χ0n) is 19.3. The highest BCUT2D eigenvalue weighted by Gasteiger charge is 2.31. The van der Waals surface area contributed by atoms with Gasteiger partial charge in [0.2, 0.25) is 10.0 Å². The van der Waals surface area contributed by atoms with Crippen LogP contribution in [0.25, 0.3) is 0 Å². The standard InChI is InChI=1S/C23H27BrN6O3S/c1-4-33-19-6-5-18(24)14-20(19)34(31,32)30-11-9-29(10-12-30)23-15-22(26-17(3)27-23)28-21-13-16(2)7-8-25-21/h5-8,13-15H,4,9-12H2,1-3H3,(H,25,26,27,28). The summed E-state index contributed by atoms with van der Waals surface area (Å²) in [6.45, 7) is 7.76. The Balaban J connectivity index is 1.50. The van der Waals surface area contributed by atoms with Crippen molar-refractivity contribution in [1.82, 2.24) is 19.3 Å². The molecule has 4 rings (SSSR count). The van der Waals surface area contributed by atoms with E-state index in [9.17, 15) is 8.42 Å². The van der Waals surface area contributed by atoms with E-state index in [2.05, 4.69) is 41.1 Å². The molecule has 1 aromatic carbocycles. The molecule has 180 valence electrons. The van der Waals surface area contributed by atoms with Crippen LogP contribution in [0.15, 0.2) is 52.0 Å². The van der Waals surface area contributed by atoms with Gasteiger partial charge in [0, 0.05) is 42.9 Å². The van der Waals surface area contributed by atoms with Gasteiger partial charge in [-0.1, -0.05) is 15.9 Å². The lowest BCUT2D eigenvalue weighted by Gasteiger charge is -2.35. The first-order valence-corrected chi connectivity index (χ1v) is 13.2. The van der Waals surface area contributed by atoms with Crippen LogP contribution in [0.1, 0.15) is 18.3 Å². The number of anilines is 3. The number of benzene rings is 1. The molecule has 0 bridgehead atoms. The first kappa shape index (κ1) is 24.4. The molecule has 1 aliphatic heterocycles. The number of aromatic nitrogens is 3. The van der Waals surface area contributed by atoms with Crippen LogP contribution in [0, 0.1) is 13.8 Å². The molecule has 1 saturated heterocycles. The number of aryl methyl sites for hydroxylation is 2. The van der Waals surface area contributed by atoms with Gasteiger partial charge in [0.15, 0.2) is 0 Å². The molecule has 0 atom stereocenters. The molecule has 0 radical (unpaired) electrons. The third kappa shape index (κ3) is 5.48. The first-order valence-electron chi connectivity index (χ1n) is 11.0. The average Bonchev–Trinajstić information content (AvgIpc) is 2.80. The van der Waals surface area contributed by atoms with Crippen molar-refractivity contribution >= 4 is 43.4 Å². The van der Waals surface area contributed by atoms with E-state index in [-0.39, 0.29) is 4.90 Å². The van der Waals surface area contributed by atoms with Crippen LogP contribution in [0.3, 0.4) is 0 Å². The van der Waals surface area contributed by atoms with E-state index in [1.807, 2.05) is 39.0 Å². The summed E-state index contributed by atoms with van der Waals surface area (Å²) >= 11 is 3.37. The summed E-state index contributed by atoms with van der Waals surface area (Å²) in [5.74, 6) is 3.08. The van der Waals surface area contributed by atoms with Crippen LogP contribution in [0.4, 0.5) is 17.5 Å². The third-order valence-corrected chi connectivity index (χ3v) is 7.80. The van der Waals surface area contributed by atoms with Gasteiger partial charge < -0.3 is 15.0 Å². The smallest absolute Gasteiger partial charge is 0.246 e. The molecule has 1 fully saturated rings. The number of hydrogen-bond donors (Lipinski definition) is 1. The van der Waals surface area contributed by atoms with E-state index in [0.29, 0.717) is 60.5 Å². The van der Waals surface area contributed by atoms with Gasteiger partial charge in [-0.3, -0.25) is 0 Å². The minimum atomic E-state index is -3.71. The second-order valence-corrected chi connectivity index (χ2v) is 10.7. The van der Waals surface area contributed by atoms with Gasteiger partial charge in [0.05, 0.1) is 6.61 Å². The molecule has 2 aromatic heterocycles. The predicted molar refractivity (Wildman–Crippen MR) is 135 cm³/mol. The number of hydrogen-bond acceptors (Lipinski definition) is 8. The Hall–Kier alpha value is -2.76. The number of piperazine rings is 1. The van der Waals surface area contributed by atoms with Crippen molar-refractivity contribution in [1.29, 1.82) is 0 Å². The fourth-order valence-electron chi connectivity index (χ4n) is 3.77. The van der Waals surface area contributed by atoms with Crippen molar-refractivity contribution in [2.24, 2.45) is 0 Å². The quantitative estimate of drug-likeness (QED) is 0.476. The Bertz CT molecular complexity index is 1280. The number of rotatable bonds is 7. The summed E-state index contributed by atoms with van der Waals surface area (Å²) in [6.07, 6.45) is 1.74. The monoisotopic (exact) mass is 546 g/mol. The Kier molecular flexibility index (Phi) is 7.34. The van der Waals surface area contributed by atoms with Crippen LogP contribution in [-0.4, -0.2) is 60.5 Å². The second-order valence-electron chi connectivity index (χ2n) is 7.92. The van der Waals surface area contributed by atoms with E-state index >= 15 is 0 Å². The molecule has 9 nitrogen and oxygen atoms in total. The summed E-state index contributed by atoms with van der Waals surface area (Å²) < 4.78 is 34.5. The number of halogens is 1. The number of nitrogens with zero attached hydrogens (tertiary/aromatic N) is 5. The van der Waals surface area contributed by atoms with Crippen molar-refractivity contribution in [2.75, 3.05) is 43.0 Å². The van der Waals surface area contributed by atoms with Crippen LogP contribution in [-0.2, 0) is 10.0 Å². The maximum Gasteiger partial charge on any atom is 0.246 e.